The monoisotopic (exact) mass is 297 g/mol. The van der Waals surface area contributed by atoms with Crippen LogP contribution in [0, 0.1) is 0 Å². The number of hydrogen-bond acceptors (Lipinski definition) is 5. The van der Waals surface area contributed by atoms with Crippen LogP contribution in [0.3, 0.4) is 0 Å². The van der Waals surface area contributed by atoms with Crippen LogP contribution in [-0.2, 0) is 4.74 Å². The first-order chi connectivity index (χ1) is 9.76. The summed E-state index contributed by atoms with van der Waals surface area (Å²) >= 11 is 1.55. The van der Waals surface area contributed by atoms with Crippen molar-refractivity contribution >= 4 is 17.7 Å². The summed E-state index contributed by atoms with van der Waals surface area (Å²) in [5, 5.41) is 18.1. The molecule has 110 valence electrons. The Hall–Kier alpha value is -1.08. The van der Waals surface area contributed by atoms with Crippen LogP contribution in [0.5, 0.6) is 0 Å². The fourth-order valence-electron chi connectivity index (χ4n) is 2.10. The second-order valence-electron chi connectivity index (χ2n) is 4.51. The molecule has 2 rings (SSSR count). The zero-order chi connectivity index (χ0) is 14.4. The minimum atomic E-state index is -0.264. The van der Waals surface area contributed by atoms with E-state index in [-0.39, 0.29) is 25.2 Å². The molecule has 1 atom stereocenters. The Kier molecular flexibility index (Phi) is 5.85. The van der Waals surface area contributed by atoms with Crippen LogP contribution in [-0.4, -0.2) is 65.8 Å². The fourth-order valence-corrected chi connectivity index (χ4v) is 2.75. The molecule has 1 unspecified atom stereocenters. The Morgan fingerprint density at radius 1 is 1.35 bits per heavy atom. The highest BCUT2D eigenvalue weighted by molar-refractivity contribution is 7.99. The maximum atomic E-state index is 12.4. The van der Waals surface area contributed by atoms with Gasteiger partial charge in [0.25, 0.3) is 5.91 Å². The summed E-state index contributed by atoms with van der Waals surface area (Å²) < 4.78 is 5.27. The van der Waals surface area contributed by atoms with Crippen LogP contribution in [0.4, 0.5) is 0 Å². The van der Waals surface area contributed by atoms with Crippen molar-refractivity contribution in [2.24, 2.45) is 0 Å². The van der Waals surface area contributed by atoms with E-state index in [1.807, 2.05) is 12.1 Å². The van der Waals surface area contributed by atoms with Crippen molar-refractivity contribution in [3.63, 3.8) is 0 Å². The summed E-state index contributed by atoms with van der Waals surface area (Å²) in [6, 6.07) is 7.06. The standard InChI is InChI=1S/C14H19NO4S/c16-6-8-20-13-3-1-11(2-4-13)14(18)15-5-7-19-10-12(15)9-17/h1-4,12,16-17H,5-10H2. The van der Waals surface area contributed by atoms with E-state index in [9.17, 15) is 9.90 Å². The number of morpholine rings is 1. The molecule has 2 N–H and O–H groups in total. The molecule has 0 aromatic heterocycles. The molecule has 1 aromatic rings. The van der Waals surface area contributed by atoms with Crippen LogP contribution < -0.4 is 0 Å². The third-order valence-corrected chi connectivity index (χ3v) is 4.15. The van der Waals surface area contributed by atoms with Crippen molar-refractivity contribution in [2.75, 3.05) is 38.7 Å². The van der Waals surface area contributed by atoms with Gasteiger partial charge in [-0.15, -0.1) is 11.8 Å². The van der Waals surface area contributed by atoms with Gasteiger partial charge in [0, 0.05) is 22.8 Å². The van der Waals surface area contributed by atoms with Crippen LogP contribution in [0.15, 0.2) is 29.2 Å². The SMILES string of the molecule is O=C(c1ccc(SCCO)cc1)N1CCOCC1CO. The number of carbonyl (C=O) groups excluding carboxylic acids is 1. The van der Waals surface area contributed by atoms with E-state index >= 15 is 0 Å². The lowest BCUT2D eigenvalue weighted by Crippen LogP contribution is -2.50. The molecule has 0 aliphatic carbocycles. The third kappa shape index (κ3) is 3.73. The highest BCUT2D eigenvalue weighted by Crippen LogP contribution is 2.19. The summed E-state index contributed by atoms with van der Waals surface area (Å²) in [4.78, 5) is 15.1. The van der Waals surface area contributed by atoms with E-state index in [0.29, 0.717) is 31.1 Å². The first kappa shape index (κ1) is 15.3. The molecule has 0 bridgehead atoms. The second-order valence-corrected chi connectivity index (χ2v) is 5.67. The number of amides is 1. The number of benzene rings is 1. The third-order valence-electron chi connectivity index (χ3n) is 3.16. The summed E-state index contributed by atoms with van der Waals surface area (Å²) in [5.41, 5.74) is 0.610. The number of rotatable bonds is 5. The van der Waals surface area contributed by atoms with Crippen molar-refractivity contribution in [2.45, 2.75) is 10.9 Å². The predicted octanol–water partition coefficient (Wildman–Crippen LogP) is 0.604. The van der Waals surface area contributed by atoms with Gasteiger partial charge in [0.1, 0.15) is 0 Å². The maximum Gasteiger partial charge on any atom is 0.254 e. The molecule has 1 aliphatic heterocycles. The van der Waals surface area contributed by atoms with E-state index < -0.39 is 0 Å². The molecule has 0 spiro atoms. The van der Waals surface area contributed by atoms with E-state index in [1.54, 1.807) is 28.8 Å². The highest BCUT2D eigenvalue weighted by Gasteiger charge is 2.27. The largest absolute Gasteiger partial charge is 0.396 e. The van der Waals surface area contributed by atoms with Crippen molar-refractivity contribution in [1.29, 1.82) is 0 Å². The summed E-state index contributed by atoms with van der Waals surface area (Å²) in [7, 11) is 0. The van der Waals surface area contributed by atoms with Gasteiger partial charge in [-0.05, 0) is 24.3 Å². The molecule has 1 saturated heterocycles. The Morgan fingerprint density at radius 2 is 2.10 bits per heavy atom. The topological polar surface area (TPSA) is 70.0 Å². The Balaban J connectivity index is 2.04. The molecule has 1 amide bonds. The predicted molar refractivity (Wildman–Crippen MR) is 77.0 cm³/mol. The number of carbonyl (C=O) groups is 1. The second kappa shape index (κ2) is 7.64. The molecule has 1 fully saturated rings. The van der Waals surface area contributed by atoms with Gasteiger partial charge in [-0.2, -0.15) is 0 Å². The average molecular weight is 297 g/mol. The van der Waals surface area contributed by atoms with Crippen LogP contribution in [0.1, 0.15) is 10.4 Å². The first-order valence-corrected chi connectivity index (χ1v) is 7.58. The summed E-state index contributed by atoms with van der Waals surface area (Å²) in [6.07, 6.45) is 0. The molecular formula is C14H19NO4S. The molecule has 6 heteroatoms. The van der Waals surface area contributed by atoms with E-state index in [2.05, 4.69) is 0 Å². The lowest BCUT2D eigenvalue weighted by molar-refractivity contribution is -0.0183. The van der Waals surface area contributed by atoms with Gasteiger partial charge >= 0.3 is 0 Å². The van der Waals surface area contributed by atoms with Crippen molar-refractivity contribution < 1.29 is 19.7 Å². The summed E-state index contributed by atoms with van der Waals surface area (Å²) in [6.45, 7) is 1.44. The first-order valence-electron chi connectivity index (χ1n) is 6.59. The number of aliphatic hydroxyl groups excluding tert-OH is 2. The van der Waals surface area contributed by atoms with Gasteiger partial charge in [-0.1, -0.05) is 0 Å². The number of ether oxygens (including phenoxy) is 1. The van der Waals surface area contributed by atoms with Crippen LogP contribution >= 0.6 is 11.8 Å². The van der Waals surface area contributed by atoms with Crippen molar-refractivity contribution in [3.05, 3.63) is 29.8 Å². The zero-order valence-corrected chi connectivity index (χ0v) is 12.0. The Morgan fingerprint density at radius 3 is 2.75 bits per heavy atom. The van der Waals surface area contributed by atoms with E-state index in [4.69, 9.17) is 9.84 Å². The minimum Gasteiger partial charge on any atom is -0.396 e. The van der Waals surface area contributed by atoms with Gasteiger partial charge in [0.05, 0.1) is 32.5 Å². The zero-order valence-electron chi connectivity index (χ0n) is 11.2. The van der Waals surface area contributed by atoms with Gasteiger partial charge < -0.3 is 19.8 Å². The molecule has 0 saturated carbocycles. The smallest absolute Gasteiger partial charge is 0.254 e. The fraction of sp³-hybridized carbons (Fsp3) is 0.500. The Labute approximate surface area is 122 Å². The van der Waals surface area contributed by atoms with Crippen LogP contribution in [0.2, 0.25) is 0 Å². The number of nitrogens with zero attached hydrogens (tertiary/aromatic N) is 1. The normalized spacial score (nSPS) is 19.1. The molecule has 1 aromatic carbocycles. The van der Waals surface area contributed by atoms with Gasteiger partial charge in [0.15, 0.2) is 0 Å². The van der Waals surface area contributed by atoms with Gasteiger partial charge in [-0.25, -0.2) is 0 Å². The Bertz CT molecular complexity index is 437. The average Bonchev–Trinajstić information content (AvgIpc) is 2.52. The molecule has 1 aliphatic rings. The van der Waals surface area contributed by atoms with Gasteiger partial charge in [0.2, 0.25) is 0 Å². The van der Waals surface area contributed by atoms with Crippen molar-refractivity contribution in [1.82, 2.24) is 4.90 Å². The van der Waals surface area contributed by atoms with E-state index in [1.165, 1.54) is 0 Å². The lowest BCUT2D eigenvalue weighted by atomic mass is 10.1. The summed E-state index contributed by atoms with van der Waals surface area (Å²) in [5.74, 6) is 0.564. The molecular weight excluding hydrogens is 278 g/mol. The maximum absolute atomic E-state index is 12.4. The molecule has 20 heavy (non-hydrogen) atoms. The van der Waals surface area contributed by atoms with Crippen molar-refractivity contribution in [3.8, 4) is 0 Å². The number of thioether (sulfide) groups is 1. The quantitative estimate of drug-likeness (QED) is 0.779. The van der Waals surface area contributed by atoms with Crippen LogP contribution in [0.25, 0.3) is 0 Å². The minimum absolute atomic E-state index is 0.0777. The molecule has 0 radical (unpaired) electrons. The highest BCUT2D eigenvalue weighted by atomic mass is 32.2. The lowest BCUT2D eigenvalue weighted by Gasteiger charge is -2.34. The number of aliphatic hydroxyl groups is 2. The molecule has 5 nitrogen and oxygen atoms in total. The molecule has 1 heterocycles. The van der Waals surface area contributed by atoms with E-state index in [0.717, 1.165) is 4.90 Å². The number of hydrogen-bond donors (Lipinski definition) is 2. The van der Waals surface area contributed by atoms with Gasteiger partial charge in [-0.3, -0.25) is 4.79 Å².